The minimum atomic E-state index is -0.768. The van der Waals surface area contributed by atoms with Crippen molar-refractivity contribution in [1.82, 2.24) is 10.2 Å². The van der Waals surface area contributed by atoms with Gasteiger partial charge in [-0.3, -0.25) is 9.69 Å². The second-order valence-corrected chi connectivity index (χ2v) is 4.86. The van der Waals surface area contributed by atoms with Crippen LogP contribution in [0.3, 0.4) is 0 Å². The van der Waals surface area contributed by atoms with Crippen molar-refractivity contribution >= 4 is 30.7 Å². The largest absolute Gasteiger partial charge is 0.353 e. The van der Waals surface area contributed by atoms with E-state index in [0.717, 1.165) is 19.6 Å². The van der Waals surface area contributed by atoms with Crippen LogP contribution in [0.25, 0.3) is 0 Å². The van der Waals surface area contributed by atoms with Crippen LogP contribution >= 0.6 is 24.8 Å². The van der Waals surface area contributed by atoms with Crippen molar-refractivity contribution < 1.29 is 4.79 Å². The molecule has 1 amide bonds. The van der Waals surface area contributed by atoms with Gasteiger partial charge in [0.05, 0.1) is 5.54 Å². The minimum Gasteiger partial charge on any atom is -0.353 e. The van der Waals surface area contributed by atoms with E-state index in [1.165, 1.54) is 12.8 Å². The quantitative estimate of drug-likeness (QED) is 0.815. The Morgan fingerprint density at radius 3 is 2.53 bits per heavy atom. The zero-order valence-corrected chi connectivity index (χ0v) is 12.5. The Morgan fingerprint density at radius 2 is 2.06 bits per heavy atom. The van der Waals surface area contributed by atoms with Gasteiger partial charge in [-0.1, -0.05) is 6.92 Å². The third kappa shape index (κ3) is 5.91. The molecule has 3 N–H and O–H groups in total. The lowest BCUT2D eigenvalue weighted by molar-refractivity contribution is -0.125. The van der Waals surface area contributed by atoms with Crippen molar-refractivity contribution in [2.45, 2.75) is 45.2 Å². The van der Waals surface area contributed by atoms with E-state index in [9.17, 15) is 4.79 Å². The summed E-state index contributed by atoms with van der Waals surface area (Å²) in [4.78, 5) is 14.0. The molecular weight excluding hydrogens is 261 g/mol. The number of carbonyl (C=O) groups is 1. The molecule has 1 atom stereocenters. The Bertz CT molecular complexity index is 231. The van der Waals surface area contributed by atoms with E-state index < -0.39 is 5.54 Å². The minimum absolute atomic E-state index is 0. The fourth-order valence-electron chi connectivity index (χ4n) is 1.98. The first-order chi connectivity index (χ1) is 6.95. The molecule has 1 saturated heterocycles. The van der Waals surface area contributed by atoms with Gasteiger partial charge >= 0.3 is 0 Å². The summed E-state index contributed by atoms with van der Waals surface area (Å²) in [5.74, 6) is -0.0644. The van der Waals surface area contributed by atoms with Gasteiger partial charge in [0.25, 0.3) is 0 Å². The SMILES string of the molecule is CCN1CCCC1CNC(=O)C(C)(C)N.Cl.Cl. The molecule has 1 heterocycles. The Hall–Kier alpha value is -0.0300. The van der Waals surface area contributed by atoms with E-state index in [-0.39, 0.29) is 30.7 Å². The van der Waals surface area contributed by atoms with E-state index in [1.54, 1.807) is 13.8 Å². The molecule has 17 heavy (non-hydrogen) atoms. The maximum absolute atomic E-state index is 11.6. The summed E-state index contributed by atoms with van der Waals surface area (Å²) in [6.45, 7) is 8.57. The maximum atomic E-state index is 11.6. The molecule has 0 radical (unpaired) electrons. The van der Waals surface area contributed by atoms with Crippen LogP contribution in [0, 0.1) is 0 Å². The van der Waals surface area contributed by atoms with Crippen LogP contribution in [0.1, 0.15) is 33.6 Å². The second kappa shape index (κ2) is 8.14. The molecule has 104 valence electrons. The third-order valence-electron chi connectivity index (χ3n) is 2.99. The average molecular weight is 286 g/mol. The summed E-state index contributed by atoms with van der Waals surface area (Å²) in [6, 6.07) is 0.501. The Labute approximate surface area is 117 Å². The summed E-state index contributed by atoms with van der Waals surface area (Å²) >= 11 is 0. The van der Waals surface area contributed by atoms with E-state index in [1.807, 2.05) is 0 Å². The first-order valence-electron chi connectivity index (χ1n) is 5.76. The number of hydrogen-bond acceptors (Lipinski definition) is 3. The van der Waals surface area contributed by atoms with Gasteiger partial charge in [0, 0.05) is 12.6 Å². The molecule has 6 heteroatoms. The summed E-state index contributed by atoms with van der Waals surface area (Å²) in [6.07, 6.45) is 2.42. The molecule has 0 aromatic rings. The number of carbonyl (C=O) groups excluding carboxylic acids is 1. The number of halogens is 2. The molecule has 0 aromatic heterocycles. The second-order valence-electron chi connectivity index (χ2n) is 4.86. The number of likely N-dealkylation sites (N-methyl/N-ethyl adjacent to an activating group) is 1. The molecule has 1 unspecified atom stereocenters. The van der Waals surface area contributed by atoms with Crippen molar-refractivity contribution in [1.29, 1.82) is 0 Å². The molecule has 1 aliphatic rings. The zero-order valence-electron chi connectivity index (χ0n) is 10.9. The van der Waals surface area contributed by atoms with Gasteiger partial charge in [-0.15, -0.1) is 24.8 Å². The lowest BCUT2D eigenvalue weighted by Gasteiger charge is -2.25. The molecule has 0 saturated carbocycles. The van der Waals surface area contributed by atoms with Gasteiger partial charge in [0.2, 0.25) is 5.91 Å². The molecule has 0 bridgehead atoms. The topological polar surface area (TPSA) is 58.4 Å². The van der Waals surface area contributed by atoms with Crippen molar-refractivity contribution in [2.75, 3.05) is 19.6 Å². The van der Waals surface area contributed by atoms with Crippen LogP contribution < -0.4 is 11.1 Å². The summed E-state index contributed by atoms with van der Waals surface area (Å²) in [5, 5.41) is 2.92. The Balaban J connectivity index is 0. The number of likely N-dealkylation sites (tertiary alicyclic amines) is 1. The van der Waals surface area contributed by atoms with E-state index in [4.69, 9.17) is 5.73 Å². The molecule has 1 fully saturated rings. The molecule has 0 spiro atoms. The van der Waals surface area contributed by atoms with E-state index >= 15 is 0 Å². The van der Waals surface area contributed by atoms with Crippen LogP contribution in [-0.2, 0) is 4.79 Å². The van der Waals surface area contributed by atoms with Crippen LogP contribution in [0.15, 0.2) is 0 Å². The number of nitrogens with two attached hydrogens (primary N) is 1. The van der Waals surface area contributed by atoms with Crippen LogP contribution in [-0.4, -0.2) is 42.0 Å². The van der Waals surface area contributed by atoms with Gasteiger partial charge in [0.1, 0.15) is 0 Å². The van der Waals surface area contributed by atoms with Gasteiger partial charge < -0.3 is 11.1 Å². The summed E-state index contributed by atoms with van der Waals surface area (Å²) in [7, 11) is 0. The van der Waals surface area contributed by atoms with Crippen molar-refractivity contribution in [3.63, 3.8) is 0 Å². The van der Waals surface area contributed by atoms with Gasteiger partial charge in [-0.2, -0.15) is 0 Å². The van der Waals surface area contributed by atoms with Crippen LogP contribution in [0.2, 0.25) is 0 Å². The standard InChI is InChI=1S/C11H23N3O.2ClH/c1-4-14-7-5-6-9(14)8-13-10(15)11(2,3)12;;/h9H,4-8,12H2,1-3H3,(H,13,15);2*1H. The smallest absolute Gasteiger partial charge is 0.239 e. The van der Waals surface area contributed by atoms with Gasteiger partial charge in [-0.05, 0) is 39.8 Å². The van der Waals surface area contributed by atoms with Gasteiger partial charge in [0.15, 0.2) is 0 Å². The Kier molecular flexibility index (Phi) is 9.25. The monoisotopic (exact) mass is 285 g/mol. The number of nitrogens with one attached hydrogen (secondary N) is 1. The van der Waals surface area contributed by atoms with E-state index in [2.05, 4.69) is 17.1 Å². The fraction of sp³-hybridized carbons (Fsp3) is 0.909. The highest BCUT2D eigenvalue weighted by Crippen LogP contribution is 2.15. The summed E-state index contributed by atoms with van der Waals surface area (Å²) < 4.78 is 0. The highest BCUT2D eigenvalue weighted by atomic mass is 35.5. The first-order valence-corrected chi connectivity index (χ1v) is 5.76. The van der Waals surface area contributed by atoms with Crippen molar-refractivity contribution in [3.8, 4) is 0 Å². The third-order valence-corrected chi connectivity index (χ3v) is 2.99. The zero-order chi connectivity index (χ0) is 11.5. The lowest BCUT2D eigenvalue weighted by atomic mass is 10.1. The molecule has 1 rings (SSSR count). The van der Waals surface area contributed by atoms with Crippen molar-refractivity contribution in [3.05, 3.63) is 0 Å². The van der Waals surface area contributed by atoms with Crippen molar-refractivity contribution in [2.24, 2.45) is 5.73 Å². The van der Waals surface area contributed by atoms with Gasteiger partial charge in [-0.25, -0.2) is 0 Å². The Morgan fingerprint density at radius 1 is 1.47 bits per heavy atom. The predicted molar refractivity (Wildman–Crippen MR) is 76.0 cm³/mol. The number of rotatable bonds is 4. The van der Waals surface area contributed by atoms with Crippen LogP contribution in [0.4, 0.5) is 0 Å². The lowest BCUT2D eigenvalue weighted by Crippen LogP contribution is -2.51. The van der Waals surface area contributed by atoms with E-state index in [0.29, 0.717) is 6.04 Å². The molecule has 4 nitrogen and oxygen atoms in total. The number of amides is 1. The maximum Gasteiger partial charge on any atom is 0.239 e. The van der Waals surface area contributed by atoms with Crippen LogP contribution in [0.5, 0.6) is 0 Å². The fourth-order valence-corrected chi connectivity index (χ4v) is 1.98. The molecule has 0 aromatic carbocycles. The average Bonchev–Trinajstić information content (AvgIpc) is 2.59. The highest BCUT2D eigenvalue weighted by Gasteiger charge is 2.26. The molecular formula is C11H25Cl2N3O. The predicted octanol–water partition coefficient (Wildman–Crippen LogP) is 1.17. The summed E-state index contributed by atoms with van der Waals surface area (Å²) in [5.41, 5.74) is 4.94. The number of nitrogens with zero attached hydrogens (tertiary/aromatic N) is 1. The molecule has 0 aliphatic carbocycles. The highest BCUT2D eigenvalue weighted by molar-refractivity contribution is 5.85. The first kappa shape index (κ1) is 19.3. The molecule has 1 aliphatic heterocycles. The number of hydrogen-bond donors (Lipinski definition) is 2. The normalized spacial score (nSPS) is 20.4.